The number of aromatic amines is 1. The number of likely N-dealkylation sites (tertiary alicyclic amines) is 1. The number of nitrogens with zero attached hydrogens (tertiary/aromatic N) is 1. The van der Waals surface area contributed by atoms with Gasteiger partial charge in [-0.3, -0.25) is 9.59 Å². The van der Waals surface area contributed by atoms with Crippen LogP contribution in [0.5, 0.6) is 5.75 Å². The SMILES string of the molecule is C=C1C[C@@]2(CCCN(C(=O)[C@@H](Cc3c[nH]c4ccccc34)NC(=O)C(C)(C)N)C2)Oc2ccccc21. The van der Waals surface area contributed by atoms with Crippen molar-refractivity contribution in [3.63, 3.8) is 0 Å². The van der Waals surface area contributed by atoms with Crippen LogP contribution in [-0.2, 0) is 16.0 Å². The summed E-state index contributed by atoms with van der Waals surface area (Å²) < 4.78 is 6.52. The molecule has 3 aromatic rings. The van der Waals surface area contributed by atoms with E-state index in [1.807, 2.05) is 59.6 Å². The zero-order valence-electron chi connectivity index (χ0n) is 21.0. The molecule has 5 rings (SSSR count). The van der Waals surface area contributed by atoms with Crippen molar-refractivity contribution in [1.29, 1.82) is 0 Å². The van der Waals surface area contributed by atoms with Crippen molar-refractivity contribution in [2.45, 2.75) is 56.7 Å². The summed E-state index contributed by atoms with van der Waals surface area (Å²) >= 11 is 0. The monoisotopic (exact) mass is 486 g/mol. The second-order valence-electron chi connectivity index (χ2n) is 10.7. The lowest BCUT2D eigenvalue weighted by Crippen LogP contribution is -2.61. The van der Waals surface area contributed by atoms with Gasteiger partial charge >= 0.3 is 0 Å². The van der Waals surface area contributed by atoms with Gasteiger partial charge in [-0.2, -0.15) is 0 Å². The number of hydrogen-bond donors (Lipinski definition) is 3. The minimum absolute atomic E-state index is 0.120. The molecule has 1 aromatic heterocycles. The van der Waals surface area contributed by atoms with Gasteiger partial charge in [0.05, 0.1) is 12.1 Å². The maximum Gasteiger partial charge on any atom is 0.245 e. The van der Waals surface area contributed by atoms with E-state index in [0.29, 0.717) is 25.9 Å². The fourth-order valence-electron chi connectivity index (χ4n) is 5.40. The minimum atomic E-state index is -1.10. The molecule has 1 fully saturated rings. The molecule has 3 heterocycles. The summed E-state index contributed by atoms with van der Waals surface area (Å²) in [6.07, 6.45) is 4.61. The summed E-state index contributed by atoms with van der Waals surface area (Å²) in [5.74, 6) is 0.338. The number of carbonyl (C=O) groups is 2. The number of nitrogens with two attached hydrogens (primary N) is 1. The molecule has 4 N–H and O–H groups in total. The van der Waals surface area contributed by atoms with Gasteiger partial charge in [0.2, 0.25) is 11.8 Å². The van der Waals surface area contributed by atoms with Crippen molar-refractivity contribution >= 4 is 28.3 Å². The number of rotatable bonds is 5. The third-order valence-corrected chi connectivity index (χ3v) is 7.27. The molecule has 0 saturated carbocycles. The number of ether oxygens (including phenoxy) is 1. The molecule has 2 aromatic carbocycles. The lowest BCUT2D eigenvalue weighted by atomic mass is 9.82. The molecule has 2 amide bonds. The highest BCUT2D eigenvalue weighted by Gasteiger charge is 2.44. The number of nitrogens with one attached hydrogen (secondary N) is 2. The van der Waals surface area contributed by atoms with Crippen LogP contribution in [0.1, 0.15) is 44.2 Å². The van der Waals surface area contributed by atoms with Crippen molar-refractivity contribution in [1.82, 2.24) is 15.2 Å². The largest absolute Gasteiger partial charge is 0.484 e. The molecule has 1 saturated heterocycles. The molecular weight excluding hydrogens is 452 g/mol. The van der Waals surface area contributed by atoms with Gasteiger partial charge in [-0.1, -0.05) is 43.0 Å². The summed E-state index contributed by atoms with van der Waals surface area (Å²) in [7, 11) is 0. The summed E-state index contributed by atoms with van der Waals surface area (Å²) in [5, 5.41) is 3.98. The Bertz CT molecular complexity index is 1320. The van der Waals surface area contributed by atoms with E-state index < -0.39 is 17.2 Å². The third-order valence-electron chi connectivity index (χ3n) is 7.27. The highest BCUT2D eigenvalue weighted by atomic mass is 16.5. The predicted molar refractivity (Wildman–Crippen MR) is 141 cm³/mol. The van der Waals surface area contributed by atoms with E-state index in [2.05, 4.69) is 16.9 Å². The van der Waals surface area contributed by atoms with Crippen LogP contribution in [0, 0.1) is 0 Å². The lowest BCUT2D eigenvalue weighted by Gasteiger charge is -2.46. The van der Waals surface area contributed by atoms with E-state index in [9.17, 15) is 9.59 Å². The van der Waals surface area contributed by atoms with Crippen molar-refractivity contribution in [2.75, 3.05) is 13.1 Å². The number of amides is 2. The van der Waals surface area contributed by atoms with Gasteiger partial charge in [-0.25, -0.2) is 0 Å². The fraction of sp³-hybridized carbons (Fsp3) is 0.379. The summed E-state index contributed by atoms with van der Waals surface area (Å²) in [6.45, 7) is 8.65. The van der Waals surface area contributed by atoms with Gasteiger partial charge < -0.3 is 25.7 Å². The maximum absolute atomic E-state index is 14.0. The topological polar surface area (TPSA) is 100 Å². The molecule has 0 radical (unpaired) electrons. The molecule has 188 valence electrons. The smallest absolute Gasteiger partial charge is 0.245 e. The second-order valence-corrected chi connectivity index (χ2v) is 10.7. The van der Waals surface area contributed by atoms with Gasteiger partial charge in [0.1, 0.15) is 17.4 Å². The Morgan fingerprint density at radius 1 is 1.22 bits per heavy atom. The predicted octanol–water partition coefficient (Wildman–Crippen LogP) is 3.79. The first-order valence-corrected chi connectivity index (χ1v) is 12.6. The van der Waals surface area contributed by atoms with Gasteiger partial charge in [0, 0.05) is 42.0 Å². The van der Waals surface area contributed by atoms with Gasteiger partial charge in [0.15, 0.2) is 0 Å². The number of carbonyl (C=O) groups excluding carboxylic acids is 2. The van der Waals surface area contributed by atoms with Crippen molar-refractivity contribution in [3.8, 4) is 5.75 Å². The minimum Gasteiger partial charge on any atom is -0.484 e. The first-order valence-electron chi connectivity index (χ1n) is 12.6. The Morgan fingerprint density at radius 3 is 2.78 bits per heavy atom. The Morgan fingerprint density at radius 2 is 1.97 bits per heavy atom. The molecule has 0 bridgehead atoms. The molecule has 7 nitrogen and oxygen atoms in total. The highest BCUT2D eigenvalue weighted by Crippen LogP contribution is 2.43. The van der Waals surface area contributed by atoms with Crippen molar-refractivity contribution in [2.24, 2.45) is 5.73 Å². The molecule has 0 unspecified atom stereocenters. The zero-order valence-corrected chi connectivity index (χ0v) is 21.0. The first-order chi connectivity index (χ1) is 17.2. The van der Waals surface area contributed by atoms with Crippen molar-refractivity contribution < 1.29 is 14.3 Å². The number of hydrogen-bond acceptors (Lipinski definition) is 4. The standard InChI is InChI=1S/C29H34N4O3/c1-19-16-29(36-25-12-7-5-9-21(19)25)13-8-14-33(18-29)26(34)24(32-27(35)28(2,3)30)15-20-17-31-23-11-6-4-10-22(20)23/h4-7,9-12,17,24,31H,1,8,13-16,18,30H2,2-3H3,(H,32,35)/t24-,29-/m1/s1. The number of para-hydroxylation sites is 2. The normalized spacial score (nSPS) is 20.6. The number of benzene rings is 2. The Kier molecular flexibility index (Phi) is 6.12. The van der Waals surface area contributed by atoms with Gasteiger partial charge in [-0.15, -0.1) is 0 Å². The first kappa shape index (κ1) is 24.1. The Hall–Kier alpha value is -3.58. The van der Waals surface area contributed by atoms with Crippen LogP contribution in [0.25, 0.3) is 16.5 Å². The summed E-state index contributed by atoms with van der Waals surface area (Å²) in [5.41, 5.74) is 8.48. The Balaban J connectivity index is 1.41. The van der Waals surface area contributed by atoms with Crippen LogP contribution >= 0.6 is 0 Å². The highest BCUT2D eigenvalue weighted by molar-refractivity contribution is 5.92. The van der Waals surface area contributed by atoms with E-state index in [-0.39, 0.29) is 11.8 Å². The average Bonchev–Trinajstić information content (AvgIpc) is 3.25. The van der Waals surface area contributed by atoms with Crippen LogP contribution in [0.4, 0.5) is 0 Å². The molecule has 0 aliphatic carbocycles. The van der Waals surface area contributed by atoms with Crippen molar-refractivity contribution in [3.05, 3.63) is 72.4 Å². The number of piperidine rings is 1. The van der Waals surface area contributed by atoms with Crippen LogP contribution < -0.4 is 15.8 Å². The Labute approximate surface area is 211 Å². The van der Waals surface area contributed by atoms with E-state index >= 15 is 0 Å². The molecule has 7 heteroatoms. The molecule has 2 aliphatic heterocycles. The lowest BCUT2D eigenvalue weighted by molar-refractivity contribution is -0.142. The van der Waals surface area contributed by atoms with Gasteiger partial charge in [-0.05, 0) is 50.0 Å². The van der Waals surface area contributed by atoms with Crippen LogP contribution in [0.2, 0.25) is 0 Å². The number of H-pyrrole nitrogens is 1. The fourth-order valence-corrected chi connectivity index (χ4v) is 5.40. The number of fused-ring (bicyclic) bond motifs is 2. The van der Waals surface area contributed by atoms with Crippen LogP contribution in [0.3, 0.4) is 0 Å². The molecule has 1 spiro atoms. The van der Waals surface area contributed by atoms with E-state index in [1.54, 1.807) is 13.8 Å². The molecule has 36 heavy (non-hydrogen) atoms. The summed E-state index contributed by atoms with van der Waals surface area (Å²) in [6, 6.07) is 15.1. The van der Waals surface area contributed by atoms with Gasteiger partial charge in [0.25, 0.3) is 0 Å². The van der Waals surface area contributed by atoms with E-state index in [1.165, 1.54) is 0 Å². The van der Waals surface area contributed by atoms with Crippen LogP contribution in [0.15, 0.2) is 61.3 Å². The average molecular weight is 487 g/mol. The van der Waals surface area contributed by atoms with E-state index in [0.717, 1.165) is 46.2 Å². The third kappa shape index (κ3) is 4.63. The van der Waals surface area contributed by atoms with E-state index in [4.69, 9.17) is 10.5 Å². The zero-order chi connectivity index (χ0) is 25.5. The molecule has 2 atom stereocenters. The molecule has 2 aliphatic rings. The quantitative estimate of drug-likeness (QED) is 0.511. The molecular formula is C29H34N4O3. The number of aromatic nitrogens is 1. The maximum atomic E-state index is 14.0. The van der Waals surface area contributed by atoms with Crippen LogP contribution in [-0.4, -0.2) is 52.0 Å². The summed E-state index contributed by atoms with van der Waals surface area (Å²) in [4.78, 5) is 31.9. The second kappa shape index (κ2) is 9.13.